The fraction of sp³-hybridized carbons (Fsp3) is 0.533. The molecule has 20 heavy (non-hydrogen) atoms. The van der Waals surface area contributed by atoms with Crippen molar-refractivity contribution in [3.63, 3.8) is 0 Å². The highest BCUT2D eigenvalue weighted by Crippen LogP contribution is 2.39. The molecule has 0 saturated heterocycles. The van der Waals surface area contributed by atoms with E-state index in [1.807, 2.05) is 0 Å². The minimum Gasteiger partial charge on any atom is -0.369 e. The molecule has 3 rings (SSSR count). The van der Waals surface area contributed by atoms with Crippen LogP contribution in [0.4, 0.5) is 10.3 Å². The quantitative estimate of drug-likeness (QED) is 0.864. The maximum Gasteiger partial charge on any atom is 0.201 e. The molecular weight excluding hydrogens is 321 g/mol. The predicted molar refractivity (Wildman–Crippen MR) is 83.1 cm³/mol. The lowest BCUT2D eigenvalue weighted by Gasteiger charge is -2.32. The number of aromatic nitrogens is 2. The number of rotatable bonds is 2. The predicted octanol–water partition coefficient (Wildman–Crippen LogP) is 4.66. The van der Waals surface area contributed by atoms with Gasteiger partial charge in [-0.05, 0) is 40.8 Å². The molecule has 1 aliphatic carbocycles. The summed E-state index contributed by atoms with van der Waals surface area (Å²) in [5.41, 5.74) is 7.69. The summed E-state index contributed by atoms with van der Waals surface area (Å²) in [7, 11) is 0. The lowest BCUT2D eigenvalue weighted by Crippen LogP contribution is -2.24. The van der Waals surface area contributed by atoms with Crippen LogP contribution in [0.1, 0.15) is 45.1 Å². The van der Waals surface area contributed by atoms with E-state index in [2.05, 4.69) is 32.4 Å². The van der Waals surface area contributed by atoms with Gasteiger partial charge in [0, 0.05) is 12.1 Å². The minimum absolute atomic E-state index is 0.262. The SMILES string of the molecule is CCC1CCCCC1n1c(N)nc2cc(Br)c(F)cc21. The molecule has 1 aromatic carbocycles. The lowest BCUT2D eigenvalue weighted by atomic mass is 9.82. The van der Waals surface area contributed by atoms with Gasteiger partial charge in [0.1, 0.15) is 5.82 Å². The van der Waals surface area contributed by atoms with E-state index in [1.165, 1.54) is 19.3 Å². The second kappa shape index (κ2) is 5.35. The first-order valence-corrected chi connectivity index (χ1v) is 8.03. The van der Waals surface area contributed by atoms with Crippen LogP contribution in [0.25, 0.3) is 11.0 Å². The van der Waals surface area contributed by atoms with Crippen molar-refractivity contribution >= 4 is 32.9 Å². The first-order valence-electron chi connectivity index (χ1n) is 7.24. The van der Waals surface area contributed by atoms with Crippen LogP contribution in [0.15, 0.2) is 16.6 Å². The van der Waals surface area contributed by atoms with Crippen LogP contribution in [0, 0.1) is 11.7 Å². The highest BCUT2D eigenvalue weighted by molar-refractivity contribution is 9.10. The minimum atomic E-state index is -0.262. The molecule has 0 aliphatic heterocycles. The largest absolute Gasteiger partial charge is 0.369 e. The summed E-state index contributed by atoms with van der Waals surface area (Å²) >= 11 is 3.21. The van der Waals surface area contributed by atoms with E-state index in [1.54, 1.807) is 12.1 Å². The number of anilines is 1. The molecule has 0 amide bonds. The van der Waals surface area contributed by atoms with Crippen LogP contribution in [-0.2, 0) is 0 Å². The van der Waals surface area contributed by atoms with Gasteiger partial charge in [-0.2, -0.15) is 0 Å². The Morgan fingerprint density at radius 3 is 2.90 bits per heavy atom. The molecule has 1 fully saturated rings. The van der Waals surface area contributed by atoms with Crippen LogP contribution < -0.4 is 5.73 Å². The van der Waals surface area contributed by atoms with Crippen molar-refractivity contribution < 1.29 is 4.39 Å². The fourth-order valence-electron chi connectivity index (χ4n) is 3.46. The van der Waals surface area contributed by atoms with Crippen molar-refractivity contribution in [3.8, 4) is 0 Å². The Hall–Kier alpha value is -1.10. The van der Waals surface area contributed by atoms with Gasteiger partial charge < -0.3 is 10.3 Å². The molecule has 0 bridgehead atoms. The Kier molecular flexibility index (Phi) is 3.71. The van der Waals surface area contributed by atoms with Gasteiger partial charge in [-0.1, -0.05) is 26.2 Å². The number of imidazole rings is 1. The van der Waals surface area contributed by atoms with Crippen LogP contribution in [-0.4, -0.2) is 9.55 Å². The molecule has 2 aromatic rings. The zero-order valence-corrected chi connectivity index (χ0v) is 13.2. The normalized spacial score (nSPS) is 23.4. The smallest absolute Gasteiger partial charge is 0.201 e. The maximum absolute atomic E-state index is 13.9. The summed E-state index contributed by atoms with van der Waals surface area (Å²) in [6.45, 7) is 2.22. The molecule has 2 atom stereocenters. The van der Waals surface area contributed by atoms with Crippen molar-refractivity contribution in [1.29, 1.82) is 0 Å². The molecular formula is C15H19BrFN3. The van der Waals surface area contributed by atoms with Crippen molar-refractivity contribution in [1.82, 2.24) is 9.55 Å². The zero-order chi connectivity index (χ0) is 14.3. The first kappa shape index (κ1) is 13.9. The molecule has 108 valence electrons. The maximum atomic E-state index is 13.9. The number of hydrogen-bond acceptors (Lipinski definition) is 2. The third kappa shape index (κ3) is 2.22. The topological polar surface area (TPSA) is 43.8 Å². The molecule has 1 saturated carbocycles. The Bertz CT molecular complexity index is 638. The molecule has 3 nitrogen and oxygen atoms in total. The van der Waals surface area contributed by atoms with Crippen molar-refractivity contribution in [2.24, 2.45) is 5.92 Å². The monoisotopic (exact) mass is 339 g/mol. The first-order chi connectivity index (χ1) is 9.61. The third-order valence-corrected chi connectivity index (χ3v) is 5.09. The van der Waals surface area contributed by atoms with Crippen LogP contribution >= 0.6 is 15.9 Å². The average molecular weight is 340 g/mol. The van der Waals surface area contributed by atoms with E-state index in [-0.39, 0.29) is 5.82 Å². The van der Waals surface area contributed by atoms with Gasteiger partial charge in [0.05, 0.1) is 15.5 Å². The third-order valence-electron chi connectivity index (χ3n) is 4.48. The van der Waals surface area contributed by atoms with Gasteiger partial charge in [-0.15, -0.1) is 0 Å². The molecule has 1 aromatic heterocycles. The van der Waals surface area contributed by atoms with E-state index in [9.17, 15) is 4.39 Å². The Balaban J connectivity index is 2.14. The second-order valence-corrected chi connectivity index (χ2v) is 6.47. The summed E-state index contributed by atoms with van der Waals surface area (Å²) < 4.78 is 16.3. The van der Waals surface area contributed by atoms with Crippen LogP contribution in [0.5, 0.6) is 0 Å². The number of fused-ring (bicyclic) bond motifs is 1. The number of halogens is 2. The van der Waals surface area contributed by atoms with E-state index in [4.69, 9.17) is 5.73 Å². The number of nitrogens with two attached hydrogens (primary N) is 1. The van der Waals surface area contributed by atoms with Gasteiger partial charge >= 0.3 is 0 Å². The van der Waals surface area contributed by atoms with Gasteiger partial charge in [0.15, 0.2) is 0 Å². The molecule has 0 radical (unpaired) electrons. The van der Waals surface area contributed by atoms with E-state index in [0.717, 1.165) is 23.9 Å². The summed E-state index contributed by atoms with van der Waals surface area (Å²) in [6.07, 6.45) is 5.94. The number of hydrogen-bond donors (Lipinski definition) is 1. The van der Waals surface area contributed by atoms with Crippen molar-refractivity contribution in [2.75, 3.05) is 5.73 Å². The van der Waals surface area contributed by atoms with E-state index in [0.29, 0.717) is 22.4 Å². The average Bonchev–Trinajstić information content (AvgIpc) is 2.74. The van der Waals surface area contributed by atoms with E-state index < -0.39 is 0 Å². The standard InChI is InChI=1S/C15H19BrFN3/c1-2-9-5-3-4-6-13(9)20-14-8-11(17)10(16)7-12(14)19-15(20)18/h7-9,13H,2-6H2,1H3,(H2,18,19). The summed E-state index contributed by atoms with van der Waals surface area (Å²) in [5, 5.41) is 0. The van der Waals surface area contributed by atoms with Crippen LogP contribution in [0.3, 0.4) is 0 Å². The fourth-order valence-corrected chi connectivity index (χ4v) is 3.79. The highest BCUT2D eigenvalue weighted by atomic mass is 79.9. The summed E-state index contributed by atoms with van der Waals surface area (Å²) in [5.74, 6) is 0.848. The summed E-state index contributed by atoms with van der Waals surface area (Å²) in [4.78, 5) is 4.40. The Morgan fingerprint density at radius 2 is 2.15 bits per heavy atom. The lowest BCUT2D eigenvalue weighted by molar-refractivity contribution is 0.239. The molecule has 2 unspecified atom stereocenters. The Morgan fingerprint density at radius 1 is 1.40 bits per heavy atom. The van der Waals surface area contributed by atoms with E-state index >= 15 is 0 Å². The summed E-state index contributed by atoms with van der Waals surface area (Å²) in [6, 6.07) is 3.60. The van der Waals surface area contributed by atoms with Crippen molar-refractivity contribution in [2.45, 2.75) is 45.1 Å². The molecule has 1 aliphatic rings. The van der Waals surface area contributed by atoms with Gasteiger partial charge in [0.2, 0.25) is 5.95 Å². The van der Waals surface area contributed by atoms with Gasteiger partial charge in [-0.25, -0.2) is 9.37 Å². The zero-order valence-electron chi connectivity index (χ0n) is 11.6. The van der Waals surface area contributed by atoms with Gasteiger partial charge in [-0.3, -0.25) is 0 Å². The Labute approximate surface area is 126 Å². The van der Waals surface area contributed by atoms with Gasteiger partial charge in [0.25, 0.3) is 0 Å². The number of nitrogen functional groups attached to an aromatic ring is 1. The van der Waals surface area contributed by atoms with Crippen molar-refractivity contribution in [3.05, 3.63) is 22.4 Å². The number of benzene rings is 1. The molecule has 1 heterocycles. The van der Waals surface area contributed by atoms with Crippen LogP contribution in [0.2, 0.25) is 0 Å². The molecule has 2 N–H and O–H groups in total. The molecule has 5 heteroatoms. The highest BCUT2D eigenvalue weighted by Gasteiger charge is 2.28. The second-order valence-electron chi connectivity index (χ2n) is 5.62. The molecule has 0 spiro atoms. The number of nitrogens with zero attached hydrogens (tertiary/aromatic N) is 2.